The molecular formula is C8H10NO6P. The largest absolute Gasteiger partial charge is 0.469 e. The van der Waals surface area contributed by atoms with Crippen LogP contribution in [-0.4, -0.2) is 21.3 Å². The zero-order valence-corrected chi connectivity index (χ0v) is 8.99. The van der Waals surface area contributed by atoms with Gasteiger partial charge in [0.2, 0.25) is 0 Å². The predicted octanol–water partition coefficient (Wildman–Crippen LogP) is 1.11. The van der Waals surface area contributed by atoms with Crippen LogP contribution in [0, 0.1) is 10.1 Å². The van der Waals surface area contributed by atoms with Gasteiger partial charge in [-0.1, -0.05) is 30.3 Å². The zero-order valence-electron chi connectivity index (χ0n) is 8.09. The van der Waals surface area contributed by atoms with Crippen LogP contribution in [0.1, 0.15) is 11.6 Å². The Kier molecular flexibility index (Phi) is 4.14. The molecule has 0 fully saturated rings. The second kappa shape index (κ2) is 5.18. The van der Waals surface area contributed by atoms with Crippen LogP contribution in [0.5, 0.6) is 0 Å². The van der Waals surface area contributed by atoms with E-state index >= 15 is 0 Å². The fourth-order valence-electron chi connectivity index (χ4n) is 1.12. The maximum atomic E-state index is 10.7. The smallest absolute Gasteiger partial charge is 0.303 e. The van der Waals surface area contributed by atoms with Gasteiger partial charge in [0.25, 0.3) is 6.04 Å². The molecule has 0 amide bonds. The number of rotatable bonds is 5. The second-order valence-electron chi connectivity index (χ2n) is 3.00. The molecule has 0 bridgehead atoms. The van der Waals surface area contributed by atoms with E-state index in [0.717, 1.165) is 0 Å². The summed E-state index contributed by atoms with van der Waals surface area (Å²) < 4.78 is 14.6. The van der Waals surface area contributed by atoms with E-state index in [9.17, 15) is 14.7 Å². The number of nitro groups is 1. The highest BCUT2D eigenvalue weighted by Gasteiger charge is 2.27. The monoisotopic (exact) mass is 247 g/mol. The fourth-order valence-corrected chi connectivity index (χ4v) is 1.46. The third kappa shape index (κ3) is 4.08. The number of hydrogen-bond acceptors (Lipinski definition) is 4. The van der Waals surface area contributed by atoms with Crippen molar-refractivity contribution in [1.82, 2.24) is 0 Å². The second-order valence-corrected chi connectivity index (χ2v) is 4.24. The van der Waals surface area contributed by atoms with E-state index < -0.39 is 25.4 Å². The molecule has 7 nitrogen and oxygen atoms in total. The fraction of sp³-hybridized carbons (Fsp3) is 0.250. The van der Waals surface area contributed by atoms with Crippen LogP contribution in [0.3, 0.4) is 0 Å². The lowest BCUT2D eigenvalue weighted by Crippen LogP contribution is -2.16. The molecule has 1 atom stereocenters. The van der Waals surface area contributed by atoms with Crippen LogP contribution < -0.4 is 0 Å². The van der Waals surface area contributed by atoms with Gasteiger partial charge >= 0.3 is 7.82 Å². The minimum atomic E-state index is -4.68. The molecule has 0 aromatic heterocycles. The van der Waals surface area contributed by atoms with E-state index in [0.29, 0.717) is 5.56 Å². The average molecular weight is 247 g/mol. The first-order chi connectivity index (χ1) is 7.40. The molecule has 0 saturated heterocycles. The van der Waals surface area contributed by atoms with E-state index in [1.54, 1.807) is 18.2 Å². The summed E-state index contributed by atoms with van der Waals surface area (Å²) in [6.45, 7) is -0.665. The Morgan fingerprint density at radius 1 is 1.38 bits per heavy atom. The Hall–Kier alpha value is -1.27. The topological polar surface area (TPSA) is 110 Å². The van der Waals surface area contributed by atoms with Crippen molar-refractivity contribution in [2.45, 2.75) is 6.04 Å². The van der Waals surface area contributed by atoms with Crippen molar-refractivity contribution in [2.75, 3.05) is 6.61 Å². The lowest BCUT2D eigenvalue weighted by atomic mass is 10.1. The van der Waals surface area contributed by atoms with Gasteiger partial charge in [0.15, 0.2) is 0 Å². The summed E-state index contributed by atoms with van der Waals surface area (Å²) in [6.07, 6.45) is 0. The quantitative estimate of drug-likeness (QED) is 0.458. The molecule has 1 aromatic rings. The van der Waals surface area contributed by atoms with Crippen LogP contribution in [0.4, 0.5) is 0 Å². The molecule has 1 unspecified atom stereocenters. The van der Waals surface area contributed by atoms with Crippen LogP contribution in [0.2, 0.25) is 0 Å². The number of hydrogen-bond donors (Lipinski definition) is 2. The number of phosphoric ester groups is 1. The summed E-state index contributed by atoms with van der Waals surface area (Å²) in [5.41, 5.74) is 0.334. The molecule has 0 radical (unpaired) electrons. The SMILES string of the molecule is O=[N+]([O-])C(COP(=O)(O)O)c1ccccc1. The summed E-state index contributed by atoms with van der Waals surface area (Å²) in [4.78, 5) is 27.0. The van der Waals surface area contributed by atoms with Gasteiger partial charge in [-0.2, -0.15) is 0 Å². The van der Waals surface area contributed by atoms with Gasteiger partial charge in [-0.05, 0) is 0 Å². The lowest BCUT2D eigenvalue weighted by molar-refractivity contribution is -0.531. The highest BCUT2D eigenvalue weighted by Crippen LogP contribution is 2.37. The molecule has 0 aliphatic rings. The molecule has 0 heterocycles. The third-order valence-electron chi connectivity index (χ3n) is 1.84. The van der Waals surface area contributed by atoms with E-state index in [1.807, 2.05) is 0 Å². The van der Waals surface area contributed by atoms with Gasteiger partial charge < -0.3 is 9.79 Å². The number of benzene rings is 1. The summed E-state index contributed by atoms with van der Waals surface area (Å²) in [5.74, 6) is 0. The van der Waals surface area contributed by atoms with Crippen molar-refractivity contribution in [1.29, 1.82) is 0 Å². The van der Waals surface area contributed by atoms with E-state index in [2.05, 4.69) is 4.52 Å². The van der Waals surface area contributed by atoms with E-state index in [1.165, 1.54) is 12.1 Å². The molecule has 88 valence electrons. The molecule has 0 spiro atoms. The minimum absolute atomic E-state index is 0.334. The number of phosphoric acid groups is 1. The average Bonchev–Trinajstić information content (AvgIpc) is 2.17. The van der Waals surface area contributed by atoms with Crippen molar-refractivity contribution >= 4 is 7.82 Å². The van der Waals surface area contributed by atoms with Crippen molar-refractivity contribution in [2.24, 2.45) is 0 Å². The van der Waals surface area contributed by atoms with Crippen LogP contribution in [0.15, 0.2) is 30.3 Å². The van der Waals surface area contributed by atoms with Crippen LogP contribution in [-0.2, 0) is 9.09 Å². The standard InChI is InChI=1S/C8H10NO6P/c10-9(11)8(6-15-16(12,13)14)7-4-2-1-3-5-7/h1-5,8H,6H2,(H2,12,13,14). The van der Waals surface area contributed by atoms with Gasteiger partial charge in [-0.15, -0.1) is 0 Å². The highest BCUT2D eigenvalue weighted by molar-refractivity contribution is 7.46. The molecular weight excluding hydrogens is 237 g/mol. The van der Waals surface area contributed by atoms with Gasteiger partial charge in [0.1, 0.15) is 6.61 Å². The molecule has 16 heavy (non-hydrogen) atoms. The molecule has 0 aliphatic carbocycles. The molecule has 0 saturated carbocycles. The maximum Gasteiger partial charge on any atom is 0.469 e. The Balaban J connectivity index is 2.78. The van der Waals surface area contributed by atoms with Gasteiger partial charge in [-0.3, -0.25) is 14.6 Å². The van der Waals surface area contributed by atoms with Crippen LogP contribution in [0.25, 0.3) is 0 Å². The minimum Gasteiger partial charge on any atom is -0.303 e. The van der Waals surface area contributed by atoms with Crippen molar-refractivity contribution in [3.05, 3.63) is 46.0 Å². The Bertz CT molecular complexity index is 402. The molecule has 8 heteroatoms. The first-order valence-corrected chi connectivity index (χ1v) is 5.82. The summed E-state index contributed by atoms with van der Waals surface area (Å²) >= 11 is 0. The Labute approximate surface area is 91.1 Å². The lowest BCUT2D eigenvalue weighted by Gasteiger charge is -2.10. The van der Waals surface area contributed by atoms with Gasteiger partial charge in [0, 0.05) is 10.5 Å². The molecule has 0 aliphatic heterocycles. The zero-order chi connectivity index (χ0) is 12.2. The molecule has 1 aromatic carbocycles. The first kappa shape index (κ1) is 12.8. The normalized spacial score (nSPS) is 13.4. The van der Waals surface area contributed by atoms with Crippen molar-refractivity contribution in [3.8, 4) is 0 Å². The van der Waals surface area contributed by atoms with Gasteiger partial charge in [-0.25, -0.2) is 4.57 Å². The van der Waals surface area contributed by atoms with Crippen molar-refractivity contribution in [3.63, 3.8) is 0 Å². The molecule has 1 rings (SSSR count). The summed E-state index contributed by atoms with van der Waals surface area (Å²) in [7, 11) is -4.68. The highest BCUT2D eigenvalue weighted by atomic mass is 31.2. The number of nitrogens with zero attached hydrogens (tertiary/aromatic N) is 1. The van der Waals surface area contributed by atoms with Crippen LogP contribution >= 0.6 is 7.82 Å². The van der Waals surface area contributed by atoms with Gasteiger partial charge in [0.05, 0.1) is 0 Å². The maximum absolute atomic E-state index is 10.7. The third-order valence-corrected chi connectivity index (χ3v) is 2.32. The molecule has 2 N–H and O–H groups in total. The Morgan fingerprint density at radius 3 is 2.38 bits per heavy atom. The summed E-state index contributed by atoms with van der Waals surface area (Å²) in [6, 6.07) is 6.60. The Morgan fingerprint density at radius 2 is 1.94 bits per heavy atom. The van der Waals surface area contributed by atoms with E-state index in [4.69, 9.17) is 9.79 Å². The summed E-state index contributed by atoms with van der Waals surface area (Å²) in [5, 5.41) is 10.7. The first-order valence-electron chi connectivity index (χ1n) is 4.28. The predicted molar refractivity (Wildman–Crippen MR) is 54.2 cm³/mol. The van der Waals surface area contributed by atoms with E-state index in [-0.39, 0.29) is 0 Å². The van der Waals surface area contributed by atoms with Crippen molar-refractivity contribution < 1.29 is 23.8 Å².